The number of piperidine rings is 1. The molecule has 1 aromatic heterocycles. The second-order valence-corrected chi connectivity index (χ2v) is 9.09. The van der Waals surface area contributed by atoms with Crippen molar-refractivity contribution in [1.29, 1.82) is 0 Å². The average molecular weight is 455 g/mol. The summed E-state index contributed by atoms with van der Waals surface area (Å²) in [6.45, 7) is 7.68. The monoisotopic (exact) mass is 454 g/mol. The predicted molar refractivity (Wildman–Crippen MR) is 117 cm³/mol. The molecule has 2 atom stereocenters. The van der Waals surface area contributed by atoms with Crippen molar-refractivity contribution in [2.45, 2.75) is 45.8 Å². The van der Waals surface area contributed by atoms with E-state index in [9.17, 15) is 9.18 Å². The highest BCUT2D eigenvalue weighted by Gasteiger charge is 2.47. The highest BCUT2D eigenvalue weighted by atomic mass is 35.5. The molecule has 2 fully saturated rings. The van der Waals surface area contributed by atoms with Crippen molar-refractivity contribution in [2.24, 2.45) is 11.1 Å². The molecule has 0 aliphatic carbocycles. The standard InChI is InChI=1S/C21H25Cl2FN4O2/c1-11-19(27-8-6-21(7-9-27)10-30-12(2)18(21)25)26-13(3)28(20(11)29)15-5-4-14(24)16(22)17(15)23/h4-5,12,18H,6-10,25H2,1-3H3/t12-,18+/m1/s1. The van der Waals surface area contributed by atoms with Gasteiger partial charge in [0.2, 0.25) is 0 Å². The van der Waals surface area contributed by atoms with Gasteiger partial charge in [0, 0.05) is 24.5 Å². The van der Waals surface area contributed by atoms with Gasteiger partial charge in [0.15, 0.2) is 0 Å². The van der Waals surface area contributed by atoms with Gasteiger partial charge < -0.3 is 15.4 Å². The maximum atomic E-state index is 13.7. The first-order chi connectivity index (χ1) is 14.2. The number of nitrogens with two attached hydrogens (primary N) is 1. The molecule has 1 spiro atoms. The van der Waals surface area contributed by atoms with Crippen LogP contribution < -0.4 is 16.2 Å². The van der Waals surface area contributed by atoms with Crippen molar-refractivity contribution in [3.05, 3.63) is 49.7 Å². The number of ether oxygens (including phenoxy) is 1. The fraction of sp³-hybridized carbons (Fsp3) is 0.524. The third-order valence-corrected chi connectivity index (χ3v) is 7.46. The van der Waals surface area contributed by atoms with Crippen molar-refractivity contribution in [3.8, 4) is 5.69 Å². The molecule has 30 heavy (non-hydrogen) atoms. The van der Waals surface area contributed by atoms with Gasteiger partial charge in [-0.2, -0.15) is 0 Å². The lowest BCUT2D eigenvalue weighted by molar-refractivity contribution is 0.0974. The van der Waals surface area contributed by atoms with Crippen molar-refractivity contribution >= 4 is 29.0 Å². The summed E-state index contributed by atoms with van der Waals surface area (Å²) < 4.78 is 20.9. The Morgan fingerprint density at radius 1 is 1.23 bits per heavy atom. The van der Waals surface area contributed by atoms with E-state index < -0.39 is 5.82 Å². The number of rotatable bonds is 2. The largest absolute Gasteiger partial charge is 0.376 e. The molecule has 6 nitrogen and oxygen atoms in total. The van der Waals surface area contributed by atoms with Gasteiger partial charge in [-0.1, -0.05) is 23.2 Å². The minimum atomic E-state index is -0.636. The Balaban J connectivity index is 1.67. The molecule has 2 aromatic rings. The summed E-state index contributed by atoms with van der Waals surface area (Å²) >= 11 is 12.2. The van der Waals surface area contributed by atoms with E-state index in [0.29, 0.717) is 29.5 Å². The van der Waals surface area contributed by atoms with Crippen LogP contribution in [0.25, 0.3) is 5.69 Å². The second kappa shape index (κ2) is 7.79. The third-order valence-electron chi connectivity index (χ3n) is 6.61. The normalized spacial score (nSPS) is 23.4. The van der Waals surface area contributed by atoms with E-state index >= 15 is 0 Å². The third kappa shape index (κ3) is 3.32. The number of hydrogen-bond donors (Lipinski definition) is 1. The van der Waals surface area contributed by atoms with Crippen LogP contribution in [0.4, 0.5) is 10.2 Å². The minimum absolute atomic E-state index is 0.00770. The van der Waals surface area contributed by atoms with Gasteiger partial charge in [-0.25, -0.2) is 9.37 Å². The van der Waals surface area contributed by atoms with Crippen LogP contribution in [0.3, 0.4) is 0 Å². The summed E-state index contributed by atoms with van der Waals surface area (Å²) in [4.78, 5) is 20.0. The Kier molecular flexibility index (Phi) is 5.60. The summed E-state index contributed by atoms with van der Waals surface area (Å²) in [6.07, 6.45) is 1.84. The molecular weight excluding hydrogens is 430 g/mol. The summed E-state index contributed by atoms with van der Waals surface area (Å²) in [7, 11) is 0. The Labute approximate surface area is 184 Å². The molecule has 2 aliphatic rings. The van der Waals surface area contributed by atoms with Crippen LogP contribution in [-0.2, 0) is 4.74 Å². The van der Waals surface area contributed by atoms with Crippen molar-refractivity contribution in [2.75, 3.05) is 24.6 Å². The Hall–Kier alpha value is -1.67. The van der Waals surface area contributed by atoms with Gasteiger partial charge in [-0.15, -0.1) is 0 Å². The lowest BCUT2D eigenvalue weighted by Gasteiger charge is -2.42. The van der Waals surface area contributed by atoms with E-state index in [-0.39, 0.29) is 33.2 Å². The molecule has 0 unspecified atom stereocenters. The minimum Gasteiger partial charge on any atom is -0.376 e. The fourth-order valence-corrected chi connectivity index (χ4v) is 5.01. The summed E-state index contributed by atoms with van der Waals surface area (Å²) in [5.41, 5.74) is 6.97. The topological polar surface area (TPSA) is 73.4 Å². The van der Waals surface area contributed by atoms with Crippen LogP contribution in [0.15, 0.2) is 16.9 Å². The van der Waals surface area contributed by atoms with Gasteiger partial charge in [0.25, 0.3) is 5.56 Å². The van der Waals surface area contributed by atoms with Crippen LogP contribution in [0.5, 0.6) is 0 Å². The number of hydrogen-bond acceptors (Lipinski definition) is 5. The Morgan fingerprint density at radius 3 is 2.50 bits per heavy atom. The Morgan fingerprint density at radius 2 is 1.90 bits per heavy atom. The van der Waals surface area contributed by atoms with E-state index in [0.717, 1.165) is 25.9 Å². The molecule has 2 aliphatic heterocycles. The zero-order chi connectivity index (χ0) is 21.8. The highest BCUT2D eigenvalue weighted by Crippen LogP contribution is 2.42. The van der Waals surface area contributed by atoms with E-state index in [1.165, 1.54) is 16.7 Å². The highest BCUT2D eigenvalue weighted by molar-refractivity contribution is 6.43. The van der Waals surface area contributed by atoms with Gasteiger partial charge in [0.1, 0.15) is 17.5 Å². The first-order valence-electron chi connectivity index (χ1n) is 10.0. The lowest BCUT2D eigenvalue weighted by Crippen LogP contribution is -2.51. The average Bonchev–Trinajstić information content (AvgIpc) is 3.00. The second-order valence-electron chi connectivity index (χ2n) is 8.33. The maximum absolute atomic E-state index is 13.7. The number of aromatic nitrogens is 2. The quantitative estimate of drug-likeness (QED) is 0.701. The summed E-state index contributed by atoms with van der Waals surface area (Å²) in [5.74, 6) is 0.483. The predicted octanol–water partition coefficient (Wildman–Crippen LogP) is 3.63. The number of nitrogens with zero attached hydrogens (tertiary/aromatic N) is 3. The molecule has 162 valence electrons. The van der Waals surface area contributed by atoms with Gasteiger partial charge in [-0.05, 0) is 45.7 Å². The lowest BCUT2D eigenvalue weighted by atomic mass is 9.73. The van der Waals surface area contributed by atoms with Gasteiger partial charge in [-0.3, -0.25) is 9.36 Å². The first-order valence-corrected chi connectivity index (χ1v) is 10.8. The summed E-state index contributed by atoms with van der Waals surface area (Å²) in [6, 6.07) is 2.65. The number of halogens is 3. The van der Waals surface area contributed by atoms with E-state index in [1.807, 2.05) is 6.92 Å². The fourth-order valence-electron chi connectivity index (χ4n) is 4.61. The molecule has 0 bridgehead atoms. The Bertz CT molecular complexity index is 1050. The molecule has 2 saturated heterocycles. The van der Waals surface area contributed by atoms with Gasteiger partial charge >= 0.3 is 0 Å². The molecule has 0 amide bonds. The molecule has 0 radical (unpaired) electrons. The molecule has 0 saturated carbocycles. The molecule has 2 N–H and O–H groups in total. The van der Waals surface area contributed by atoms with Crippen molar-refractivity contribution in [1.82, 2.24) is 9.55 Å². The molecule has 4 rings (SSSR count). The number of benzene rings is 1. The smallest absolute Gasteiger partial charge is 0.263 e. The number of aryl methyl sites for hydroxylation is 1. The number of anilines is 1. The van der Waals surface area contributed by atoms with Crippen LogP contribution in [0.2, 0.25) is 10.0 Å². The van der Waals surface area contributed by atoms with Crippen LogP contribution in [0.1, 0.15) is 31.2 Å². The molecule has 9 heteroatoms. The van der Waals surface area contributed by atoms with E-state index in [2.05, 4.69) is 4.90 Å². The maximum Gasteiger partial charge on any atom is 0.263 e. The van der Waals surface area contributed by atoms with Crippen LogP contribution in [0, 0.1) is 25.1 Å². The zero-order valence-corrected chi connectivity index (χ0v) is 18.7. The SMILES string of the molecule is Cc1c(N2CCC3(CC2)CO[C@H](C)[C@@H]3N)nc(C)n(-c2ccc(F)c(Cl)c2Cl)c1=O. The van der Waals surface area contributed by atoms with Gasteiger partial charge in [0.05, 0.1) is 34.0 Å². The first kappa shape index (κ1) is 21.6. The van der Waals surface area contributed by atoms with E-state index in [1.54, 1.807) is 13.8 Å². The van der Waals surface area contributed by atoms with Crippen LogP contribution in [-0.4, -0.2) is 41.4 Å². The van der Waals surface area contributed by atoms with Crippen molar-refractivity contribution in [3.63, 3.8) is 0 Å². The summed E-state index contributed by atoms with van der Waals surface area (Å²) in [5, 5.41) is -0.229. The van der Waals surface area contributed by atoms with Crippen LogP contribution >= 0.6 is 23.2 Å². The van der Waals surface area contributed by atoms with Crippen molar-refractivity contribution < 1.29 is 9.13 Å². The molecule has 1 aromatic carbocycles. The molecular formula is C21H25Cl2FN4O2. The van der Waals surface area contributed by atoms with E-state index in [4.69, 9.17) is 38.7 Å². The zero-order valence-electron chi connectivity index (χ0n) is 17.2. The molecule has 3 heterocycles.